The van der Waals surface area contributed by atoms with Crippen molar-refractivity contribution in [3.8, 4) is 6.07 Å². The molecule has 0 saturated heterocycles. The molecule has 37 heavy (non-hydrogen) atoms. The molecule has 0 aliphatic carbocycles. The van der Waals surface area contributed by atoms with E-state index < -0.39 is 45.8 Å². The van der Waals surface area contributed by atoms with Crippen LogP contribution in [0.2, 0.25) is 5.02 Å². The Morgan fingerprint density at radius 3 is 2.57 bits per heavy atom. The molecule has 0 fully saturated rings. The highest BCUT2D eigenvalue weighted by atomic mass is 35.5. The minimum absolute atomic E-state index is 0.0765. The van der Waals surface area contributed by atoms with Crippen molar-refractivity contribution in [2.24, 2.45) is 16.5 Å². The Morgan fingerprint density at radius 1 is 1.32 bits per heavy atom. The van der Waals surface area contributed by atoms with Gasteiger partial charge in [0.1, 0.15) is 45.3 Å². The van der Waals surface area contributed by atoms with Gasteiger partial charge in [-0.1, -0.05) is 11.6 Å². The fraction of sp³-hybridized carbons (Fsp3) is 0.435. The molecule has 0 aromatic carbocycles. The third-order valence-corrected chi connectivity index (χ3v) is 8.22. The molecular weight excluding hydrogens is 529 g/mol. The lowest BCUT2D eigenvalue weighted by molar-refractivity contribution is -0.0216. The number of halogens is 4. The van der Waals surface area contributed by atoms with E-state index >= 15 is 4.39 Å². The van der Waals surface area contributed by atoms with Crippen LogP contribution < -0.4 is 22.1 Å². The summed E-state index contributed by atoms with van der Waals surface area (Å²) >= 11 is 7.13. The van der Waals surface area contributed by atoms with Crippen molar-refractivity contribution in [2.45, 2.75) is 48.3 Å². The summed E-state index contributed by atoms with van der Waals surface area (Å²) in [4.78, 5) is 23.8. The number of carbonyl (C=O) groups excluding carboxylic acids is 1. The number of rotatable bonds is 7. The van der Waals surface area contributed by atoms with Crippen LogP contribution in [0.3, 0.4) is 0 Å². The summed E-state index contributed by atoms with van der Waals surface area (Å²) in [5.74, 6) is -4.95. The van der Waals surface area contributed by atoms with E-state index in [1.165, 1.54) is 32.3 Å². The van der Waals surface area contributed by atoms with E-state index in [2.05, 4.69) is 25.6 Å². The van der Waals surface area contributed by atoms with Crippen molar-refractivity contribution >= 4 is 40.9 Å². The first-order valence-electron chi connectivity index (χ1n) is 11.0. The zero-order valence-electron chi connectivity index (χ0n) is 20.5. The minimum Gasteiger partial charge on any atom is -0.386 e. The molecule has 2 aromatic heterocycles. The summed E-state index contributed by atoms with van der Waals surface area (Å²) in [5.41, 5.74) is 9.43. The van der Waals surface area contributed by atoms with Gasteiger partial charge in [-0.05, 0) is 46.0 Å². The number of alkyl halides is 2. The first-order valence-corrected chi connectivity index (χ1v) is 12.2. The number of aliphatic imine (C=N–C) groups is 1. The van der Waals surface area contributed by atoms with Crippen molar-refractivity contribution in [1.82, 2.24) is 15.3 Å². The van der Waals surface area contributed by atoms with Crippen LogP contribution in [0.5, 0.6) is 0 Å². The van der Waals surface area contributed by atoms with Crippen LogP contribution in [0.15, 0.2) is 29.4 Å². The van der Waals surface area contributed by atoms with Crippen molar-refractivity contribution < 1.29 is 18.0 Å². The molecule has 0 unspecified atom stereocenters. The van der Waals surface area contributed by atoms with Gasteiger partial charge in [0.15, 0.2) is 0 Å². The summed E-state index contributed by atoms with van der Waals surface area (Å²) in [7, 11) is 1.47. The highest BCUT2D eigenvalue weighted by Gasteiger charge is 2.61. The predicted molar refractivity (Wildman–Crippen MR) is 137 cm³/mol. The van der Waals surface area contributed by atoms with Gasteiger partial charge >= 0.3 is 0 Å². The molecule has 2 aromatic rings. The van der Waals surface area contributed by atoms with Gasteiger partial charge in [-0.2, -0.15) is 5.26 Å². The standard InChI is InChI=1S/C23H26ClF3N8OS/c1-20(2)19(30)35-21(3,23(31-4,37-20)10-22(26,27)11-29)17-14(25)5-6-15(33-17)34-18(36)16-13(24)7-12(8-28)9-32-16/h5-7,9,31H,10-11,29H2,1-4H3,(H2,30,35)(H,33,34,36)/t21-,23-/m1/s1. The number of carbonyl (C=O) groups is 1. The lowest BCUT2D eigenvalue weighted by Gasteiger charge is -2.53. The molecule has 9 nitrogen and oxygen atoms in total. The van der Waals surface area contributed by atoms with Gasteiger partial charge in [-0.3, -0.25) is 9.79 Å². The Labute approximate surface area is 221 Å². The molecule has 1 aliphatic rings. The largest absolute Gasteiger partial charge is 0.386 e. The second kappa shape index (κ2) is 10.1. The third-order valence-electron chi connectivity index (χ3n) is 6.12. The molecular formula is C23H26ClF3N8OS. The van der Waals surface area contributed by atoms with Crippen LogP contribution in [0.1, 0.15) is 48.9 Å². The molecule has 1 aliphatic heterocycles. The van der Waals surface area contributed by atoms with Crippen molar-refractivity contribution in [2.75, 3.05) is 18.9 Å². The number of hydrogen-bond acceptors (Lipinski definition) is 9. The Morgan fingerprint density at radius 2 is 2.00 bits per heavy atom. The van der Waals surface area contributed by atoms with Crippen LogP contribution in [-0.2, 0) is 5.54 Å². The van der Waals surface area contributed by atoms with E-state index in [1.807, 2.05) is 6.07 Å². The lowest BCUT2D eigenvalue weighted by atomic mass is 9.82. The van der Waals surface area contributed by atoms with Crippen LogP contribution in [0.4, 0.5) is 19.0 Å². The molecule has 1 amide bonds. The SMILES string of the molecule is CN[C@]1(CC(F)(F)CN)SC(C)(C)C(N)=N[C@]1(C)c1nc(NC(=O)c2ncc(C#N)cc2Cl)ccc1F. The molecule has 3 heterocycles. The first-order chi connectivity index (χ1) is 17.1. The maximum absolute atomic E-state index is 15.3. The minimum atomic E-state index is -3.32. The van der Waals surface area contributed by atoms with Crippen LogP contribution in [-0.4, -0.2) is 50.8 Å². The van der Waals surface area contributed by atoms with Gasteiger partial charge in [0, 0.05) is 12.6 Å². The Kier molecular flexibility index (Phi) is 7.81. The number of hydrogen-bond donors (Lipinski definition) is 4. The topological polar surface area (TPSA) is 155 Å². The number of nitrogens with two attached hydrogens (primary N) is 2. The number of aromatic nitrogens is 2. The normalized spacial score (nSPS) is 23.2. The van der Waals surface area contributed by atoms with Gasteiger partial charge in [-0.15, -0.1) is 11.8 Å². The molecule has 0 bridgehead atoms. The second-order valence-corrected chi connectivity index (χ2v) is 11.5. The number of nitrogens with one attached hydrogen (secondary N) is 2. The fourth-order valence-corrected chi connectivity index (χ4v) is 6.02. The predicted octanol–water partition coefficient (Wildman–Crippen LogP) is 3.39. The summed E-state index contributed by atoms with van der Waals surface area (Å²) < 4.78 is 43.9. The van der Waals surface area contributed by atoms with Gasteiger partial charge in [0.05, 0.1) is 21.9 Å². The van der Waals surface area contributed by atoms with Crippen LogP contribution in [0, 0.1) is 17.1 Å². The number of anilines is 1. The summed E-state index contributed by atoms with van der Waals surface area (Å²) in [6.45, 7) is 3.95. The van der Waals surface area contributed by atoms with Gasteiger partial charge in [-0.25, -0.2) is 23.1 Å². The highest BCUT2D eigenvalue weighted by Crippen LogP contribution is 2.56. The van der Waals surface area contributed by atoms with Crippen molar-refractivity contribution in [3.63, 3.8) is 0 Å². The summed E-state index contributed by atoms with van der Waals surface area (Å²) in [5, 5.41) is 14.3. The Balaban J connectivity index is 2.12. The molecule has 0 radical (unpaired) electrons. The highest BCUT2D eigenvalue weighted by molar-refractivity contribution is 8.02. The molecule has 0 saturated carbocycles. The number of likely N-dealkylation sites (N-methyl/N-ethyl adjacent to an activating group) is 1. The number of amides is 1. The average molecular weight is 555 g/mol. The third kappa shape index (κ3) is 5.38. The van der Waals surface area contributed by atoms with Crippen LogP contribution >= 0.6 is 23.4 Å². The second-order valence-electron chi connectivity index (χ2n) is 9.14. The number of amidine groups is 1. The number of nitrogens with zero attached hydrogens (tertiary/aromatic N) is 4. The zero-order valence-corrected chi connectivity index (χ0v) is 22.1. The monoisotopic (exact) mass is 554 g/mol. The smallest absolute Gasteiger partial charge is 0.276 e. The lowest BCUT2D eigenvalue weighted by Crippen LogP contribution is -2.65. The fourth-order valence-electron chi connectivity index (χ4n) is 4.02. The first kappa shape index (κ1) is 28.6. The maximum atomic E-state index is 15.3. The average Bonchev–Trinajstić information content (AvgIpc) is 2.83. The molecule has 3 rings (SSSR count). The van der Waals surface area contributed by atoms with E-state index in [0.29, 0.717) is 0 Å². The number of nitriles is 1. The molecule has 198 valence electrons. The van der Waals surface area contributed by atoms with E-state index in [9.17, 15) is 13.6 Å². The quantitative estimate of drug-likeness (QED) is 0.406. The van der Waals surface area contributed by atoms with Gasteiger partial charge < -0.3 is 22.1 Å². The van der Waals surface area contributed by atoms with E-state index in [1.54, 1.807) is 13.8 Å². The zero-order chi connectivity index (χ0) is 27.8. The molecule has 14 heteroatoms. The van der Waals surface area contributed by atoms with Crippen molar-refractivity contribution in [3.05, 3.63) is 52.2 Å². The van der Waals surface area contributed by atoms with Gasteiger partial charge in [0.25, 0.3) is 11.8 Å². The Bertz CT molecular complexity index is 1300. The van der Waals surface area contributed by atoms with E-state index in [0.717, 1.165) is 17.8 Å². The maximum Gasteiger partial charge on any atom is 0.276 e. The molecule has 2 atom stereocenters. The van der Waals surface area contributed by atoms with Crippen molar-refractivity contribution in [1.29, 1.82) is 5.26 Å². The molecule has 6 N–H and O–H groups in total. The van der Waals surface area contributed by atoms with Crippen LogP contribution in [0.25, 0.3) is 0 Å². The summed E-state index contributed by atoms with van der Waals surface area (Å²) in [6, 6.07) is 5.36. The number of pyridine rings is 2. The van der Waals surface area contributed by atoms with E-state index in [4.69, 9.17) is 28.3 Å². The van der Waals surface area contributed by atoms with E-state index in [-0.39, 0.29) is 33.6 Å². The summed E-state index contributed by atoms with van der Waals surface area (Å²) in [6.07, 6.45) is 0.361. The Hall–Kier alpha value is -2.92. The van der Waals surface area contributed by atoms with Gasteiger partial charge in [0.2, 0.25) is 0 Å². The molecule has 0 spiro atoms. The number of thioether (sulfide) groups is 1.